The number of pyridine rings is 1. The fourth-order valence-corrected chi connectivity index (χ4v) is 3.00. The molecule has 1 aromatic heterocycles. The van der Waals surface area contributed by atoms with Gasteiger partial charge < -0.3 is 10.0 Å². The predicted octanol–water partition coefficient (Wildman–Crippen LogP) is 4.82. The molecule has 126 valence electrons. The third-order valence-corrected chi connectivity index (χ3v) is 4.42. The summed E-state index contributed by atoms with van der Waals surface area (Å²) in [5, 5.41) is 12.4. The Kier molecular flexibility index (Phi) is 7.28. The number of hydrogen-bond donors (Lipinski definition) is 1. The van der Waals surface area contributed by atoms with Crippen LogP contribution in [-0.2, 0) is 0 Å². The standard InChI is InChI=1S/C19H27ClN2O/c1-3-5-11-22(12-6-4-2)14-19(23)16-9-10-21-18-8-7-15(20)13-17(16)18/h7-10,13,19,23H,3-6,11-12,14H2,1-2H3. The summed E-state index contributed by atoms with van der Waals surface area (Å²) in [4.78, 5) is 6.73. The van der Waals surface area contributed by atoms with E-state index in [0.29, 0.717) is 11.6 Å². The van der Waals surface area contributed by atoms with Crippen molar-refractivity contribution in [3.05, 3.63) is 41.0 Å². The van der Waals surface area contributed by atoms with Crippen LogP contribution in [0.2, 0.25) is 5.02 Å². The van der Waals surface area contributed by atoms with Crippen molar-refractivity contribution in [2.24, 2.45) is 0 Å². The van der Waals surface area contributed by atoms with E-state index < -0.39 is 6.10 Å². The molecule has 1 heterocycles. The first-order valence-electron chi connectivity index (χ1n) is 8.60. The number of aromatic nitrogens is 1. The molecule has 0 saturated carbocycles. The van der Waals surface area contributed by atoms with Gasteiger partial charge in [0, 0.05) is 23.2 Å². The minimum Gasteiger partial charge on any atom is -0.387 e. The van der Waals surface area contributed by atoms with E-state index in [1.165, 1.54) is 25.7 Å². The molecule has 0 bridgehead atoms. The van der Waals surface area contributed by atoms with Crippen molar-refractivity contribution in [3.63, 3.8) is 0 Å². The van der Waals surface area contributed by atoms with Crippen LogP contribution < -0.4 is 0 Å². The molecule has 2 rings (SSSR count). The lowest BCUT2D eigenvalue weighted by Crippen LogP contribution is -2.30. The molecule has 1 aromatic carbocycles. The summed E-state index contributed by atoms with van der Waals surface area (Å²) >= 11 is 6.12. The molecule has 1 unspecified atom stereocenters. The summed E-state index contributed by atoms with van der Waals surface area (Å²) in [6, 6.07) is 7.54. The number of nitrogens with zero attached hydrogens (tertiary/aromatic N) is 2. The van der Waals surface area contributed by atoms with Crippen LogP contribution in [0.5, 0.6) is 0 Å². The number of aliphatic hydroxyl groups is 1. The molecule has 0 amide bonds. The van der Waals surface area contributed by atoms with Gasteiger partial charge in [0.2, 0.25) is 0 Å². The minimum absolute atomic E-state index is 0.521. The minimum atomic E-state index is -0.521. The van der Waals surface area contributed by atoms with E-state index >= 15 is 0 Å². The van der Waals surface area contributed by atoms with Gasteiger partial charge in [0.25, 0.3) is 0 Å². The van der Waals surface area contributed by atoms with E-state index in [4.69, 9.17) is 11.6 Å². The highest BCUT2D eigenvalue weighted by molar-refractivity contribution is 6.31. The summed E-state index contributed by atoms with van der Waals surface area (Å²) in [6.07, 6.45) is 5.92. The van der Waals surface area contributed by atoms with Crippen molar-refractivity contribution in [1.29, 1.82) is 0 Å². The van der Waals surface area contributed by atoms with Gasteiger partial charge in [0.1, 0.15) is 0 Å². The normalized spacial score (nSPS) is 12.9. The van der Waals surface area contributed by atoms with E-state index in [9.17, 15) is 5.11 Å². The van der Waals surface area contributed by atoms with Gasteiger partial charge in [0.05, 0.1) is 11.6 Å². The summed E-state index contributed by atoms with van der Waals surface area (Å²) in [6.45, 7) is 7.14. The van der Waals surface area contributed by atoms with Gasteiger partial charge >= 0.3 is 0 Å². The number of aliphatic hydroxyl groups excluding tert-OH is 1. The van der Waals surface area contributed by atoms with Gasteiger partial charge in [-0.2, -0.15) is 0 Å². The van der Waals surface area contributed by atoms with Crippen LogP contribution in [0.15, 0.2) is 30.5 Å². The topological polar surface area (TPSA) is 36.4 Å². The zero-order valence-electron chi connectivity index (χ0n) is 14.1. The van der Waals surface area contributed by atoms with Crippen LogP contribution >= 0.6 is 11.6 Å². The monoisotopic (exact) mass is 334 g/mol. The van der Waals surface area contributed by atoms with E-state index in [2.05, 4.69) is 23.7 Å². The van der Waals surface area contributed by atoms with E-state index in [0.717, 1.165) is 29.6 Å². The van der Waals surface area contributed by atoms with Crippen molar-refractivity contribution in [1.82, 2.24) is 9.88 Å². The highest BCUT2D eigenvalue weighted by Crippen LogP contribution is 2.26. The Morgan fingerprint density at radius 1 is 1.13 bits per heavy atom. The maximum Gasteiger partial charge on any atom is 0.0924 e. The van der Waals surface area contributed by atoms with E-state index in [1.807, 2.05) is 24.3 Å². The molecule has 0 aliphatic heterocycles. The smallest absolute Gasteiger partial charge is 0.0924 e. The van der Waals surface area contributed by atoms with Crippen LogP contribution in [-0.4, -0.2) is 34.6 Å². The molecule has 23 heavy (non-hydrogen) atoms. The third kappa shape index (κ3) is 5.17. The molecule has 0 saturated heterocycles. The van der Waals surface area contributed by atoms with Crippen molar-refractivity contribution in [2.45, 2.75) is 45.6 Å². The summed E-state index contributed by atoms with van der Waals surface area (Å²) in [5.74, 6) is 0. The number of unbranched alkanes of at least 4 members (excludes halogenated alkanes) is 2. The number of fused-ring (bicyclic) bond motifs is 1. The lowest BCUT2D eigenvalue weighted by molar-refractivity contribution is 0.112. The second-order valence-electron chi connectivity index (χ2n) is 6.09. The Hall–Kier alpha value is -1.16. The lowest BCUT2D eigenvalue weighted by Gasteiger charge is -2.25. The summed E-state index contributed by atoms with van der Waals surface area (Å²) < 4.78 is 0. The van der Waals surface area contributed by atoms with Gasteiger partial charge in [-0.05, 0) is 55.8 Å². The molecular formula is C19H27ClN2O. The van der Waals surface area contributed by atoms with Crippen molar-refractivity contribution in [3.8, 4) is 0 Å². The quantitative estimate of drug-likeness (QED) is 0.714. The number of rotatable bonds is 9. The summed E-state index contributed by atoms with van der Waals surface area (Å²) in [7, 11) is 0. The Morgan fingerprint density at radius 3 is 2.48 bits per heavy atom. The highest BCUT2D eigenvalue weighted by atomic mass is 35.5. The average Bonchev–Trinajstić information content (AvgIpc) is 2.56. The van der Waals surface area contributed by atoms with Crippen molar-refractivity contribution >= 4 is 22.5 Å². The van der Waals surface area contributed by atoms with Crippen LogP contribution in [0.3, 0.4) is 0 Å². The van der Waals surface area contributed by atoms with Gasteiger partial charge in [0.15, 0.2) is 0 Å². The largest absolute Gasteiger partial charge is 0.387 e. The zero-order chi connectivity index (χ0) is 16.7. The van der Waals surface area contributed by atoms with Crippen LogP contribution in [0.1, 0.15) is 51.2 Å². The predicted molar refractivity (Wildman–Crippen MR) is 98.0 cm³/mol. The molecular weight excluding hydrogens is 308 g/mol. The van der Waals surface area contributed by atoms with Crippen LogP contribution in [0, 0.1) is 0 Å². The molecule has 3 nitrogen and oxygen atoms in total. The third-order valence-electron chi connectivity index (χ3n) is 4.18. The molecule has 0 radical (unpaired) electrons. The molecule has 2 aromatic rings. The van der Waals surface area contributed by atoms with Crippen molar-refractivity contribution < 1.29 is 5.11 Å². The molecule has 4 heteroatoms. The Morgan fingerprint density at radius 2 is 1.83 bits per heavy atom. The molecule has 1 N–H and O–H groups in total. The number of hydrogen-bond acceptors (Lipinski definition) is 3. The first kappa shape index (κ1) is 18.2. The van der Waals surface area contributed by atoms with Crippen molar-refractivity contribution in [2.75, 3.05) is 19.6 Å². The fraction of sp³-hybridized carbons (Fsp3) is 0.526. The number of halogens is 1. The number of benzene rings is 1. The van der Waals surface area contributed by atoms with Crippen LogP contribution in [0.4, 0.5) is 0 Å². The Balaban J connectivity index is 2.17. The van der Waals surface area contributed by atoms with Gasteiger partial charge in [-0.1, -0.05) is 38.3 Å². The fourth-order valence-electron chi connectivity index (χ4n) is 2.83. The molecule has 0 spiro atoms. The van der Waals surface area contributed by atoms with Gasteiger partial charge in [-0.25, -0.2) is 0 Å². The molecule has 1 atom stereocenters. The average molecular weight is 335 g/mol. The SMILES string of the molecule is CCCCN(CCCC)CC(O)c1ccnc2ccc(Cl)cc12. The highest BCUT2D eigenvalue weighted by Gasteiger charge is 2.16. The molecule has 0 fully saturated rings. The van der Waals surface area contributed by atoms with E-state index in [-0.39, 0.29) is 0 Å². The first-order valence-corrected chi connectivity index (χ1v) is 8.98. The van der Waals surface area contributed by atoms with Crippen LogP contribution in [0.25, 0.3) is 10.9 Å². The van der Waals surface area contributed by atoms with Gasteiger partial charge in [-0.15, -0.1) is 0 Å². The Bertz CT molecular complexity index is 609. The van der Waals surface area contributed by atoms with Gasteiger partial charge in [-0.3, -0.25) is 4.98 Å². The molecule has 0 aliphatic rings. The Labute approximate surface area is 144 Å². The maximum absolute atomic E-state index is 10.8. The second kappa shape index (κ2) is 9.21. The summed E-state index contributed by atoms with van der Waals surface area (Å²) in [5.41, 5.74) is 1.79. The first-order chi connectivity index (χ1) is 11.2. The lowest BCUT2D eigenvalue weighted by atomic mass is 10.0. The maximum atomic E-state index is 10.8. The second-order valence-corrected chi connectivity index (χ2v) is 6.52. The van der Waals surface area contributed by atoms with E-state index in [1.54, 1.807) is 6.20 Å². The zero-order valence-corrected chi connectivity index (χ0v) is 14.9. The molecule has 0 aliphatic carbocycles.